The molecule has 0 aliphatic heterocycles. The van der Waals surface area contributed by atoms with Gasteiger partial charge in [-0.15, -0.1) is 0 Å². The summed E-state index contributed by atoms with van der Waals surface area (Å²) in [5.41, 5.74) is 4.03. The maximum absolute atomic E-state index is 12.2. The van der Waals surface area contributed by atoms with Crippen molar-refractivity contribution in [3.05, 3.63) is 95.4 Å². The summed E-state index contributed by atoms with van der Waals surface area (Å²) in [6.45, 7) is 2.17. The Balaban J connectivity index is 1.65. The van der Waals surface area contributed by atoms with Crippen LogP contribution in [0.1, 0.15) is 67.5 Å². The molecule has 1 saturated carbocycles. The summed E-state index contributed by atoms with van der Waals surface area (Å²) in [6, 6.07) is 20.9. The van der Waals surface area contributed by atoms with Gasteiger partial charge < -0.3 is 5.11 Å². The van der Waals surface area contributed by atoms with Crippen LogP contribution in [0, 0.1) is 0 Å². The molecule has 0 saturated heterocycles. The van der Waals surface area contributed by atoms with E-state index in [0.717, 1.165) is 34.3 Å². The highest BCUT2D eigenvalue weighted by molar-refractivity contribution is 5.83. The van der Waals surface area contributed by atoms with Gasteiger partial charge >= 0.3 is 0 Å². The summed E-state index contributed by atoms with van der Waals surface area (Å²) in [5, 5.41) is 18.4. The van der Waals surface area contributed by atoms with Gasteiger partial charge in [-0.3, -0.25) is 9.67 Å². The molecule has 5 rings (SSSR count). The quantitative estimate of drug-likeness (QED) is 0.414. The van der Waals surface area contributed by atoms with Gasteiger partial charge in [0.05, 0.1) is 17.3 Å². The number of nitrogens with zero attached hydrogens (tertiary/aromatic N) is 3. The van der Waals surface area contributed by atoms with Crippen molar-refractivity contribution < 1.29 is 5.11 Å². The SMILES string of the molecule is CCc1nn(C2CCCCC2)c2cc(C(O)(Cc3ccncc3)c3ccccc3)ccc12. The highest BCUT2D eigenvalue weighted by Crippen LogP contribution is 2.37. The molecule has 1 aliphatic rings. The molecule has 0 radical (unpaired) electrons. The molecular weight excluding hydrogens is 394 g/mol. The number of hydrogen-bond donors (Lipinski definition) is 1. The zero-order valence-electron chi connectivity index (χ0n) is 18.7. The van der Waals surface area contributed by atoms with E-state index in [0.29, 0.717) is 12.5 Å². The minimum Gasteiger partial charge on any atom is -0.380 e. The topological polar surface area (TPSA) is 50.9 Å². The molecule has 0 bridgehead atoms. The van der Waals surface area contributed by atoms with Crippen molar-refractivity contribution in [2.45, 2.75) is 63.5 Å². The lowest BCUT2D eigenvalue weighted by Gasteiger charge is -2.30. The first-order valence-electron chi connectivity index (χ1n) is 11.9. The highest BCUT2D eigenvalue weighted by atomic mass is 16.3. The molecule has 164 valence electrons. The maximum atomic E-state index is 12.2. The number of rotatable bonds is 6. The first-order chi connectivity index (χ1) is 15.7. The van der Waals surface area contributed by atoms with E-state index in [2.05, 4.69) is 34.8 Å². The van der Waals surface area contributed by atoms with Crippen LogP contribution in [0.5, 0.6) is 0 Å². The summed E-state index contributed by atoms with van der Waals surface area (Å²) in [5.74, 6) is 0. The first kappa shape index (κ1) is 20.9. The second-order valence-corrected chi connectivity index (χ2v) is 9.03. The number of hydrogen-bond acceptors (Lipinski definition) is 3. The summed E-state index contributed by atoms with van der Waals surface area (Å²) in [4.78, 5) is 4.14. The molecule has 1 fully saturated rings. The Morgan fingerprint density at radius 3 is 2.41 bits per heavy atom. The number of aliphatic hydroxyl groups is 1. The van der Waals surface area contributed by atoms with Gasteiger partial charge in [0.2, 0.25) is 0 Å². The number of benzene rings is 2. The summed E-state index contributed by atoms with van der Waals surface area (Å²) in [6.07, 6.45) is 11.2. The second kappa shape index (κ2) is 8.87. The summed E-state index contributed by atoms with van der Waals surface area (Å²) in [7, 11) is 0. The number of aryl methyl sites for hydroxylation is 1. The van der Waals surface area contributed by atoms with Gasteiger partial charge in [-0.25, -0.2) is 0 Å². The van der Waals surface area contributed by atoms with Crippen molar-refractivity contribution in [3.8, 4) is 0 Å². The van der Waals surface area contributed by atoms with Crippen LogP contribution >= 0.6 is 0 Å². The normalized spacial score (nSPS) is 16.8. The molecule has 4 aromatic rings. The van der Waals surface area contributed by atoms with Crippen LogP contribution in [0.3, 0.4) is 0 Å². The van der Waals surface area contributed by atoms with E-state index >= 15 is 0 Å². The number of pyridine rings is 1. The van der Waals surface area contributed by atoms with Crippen molar-refractivity contribution in [1.82, 2.24) is 14.8 Å². The molecule has 32 heavy (non-hydrogen) atoms. The molecule has 1 aliphatic carbocycles. The lowest BCUT2D eigenvalue weighted by Crippen LogP contribution is -2.30. The molecule has 4 nitrogen and oxygen atoms in total. The Kier molecular flexibility index (Phi) is 5.79. The predicted octanol–water partition coefficient (Wildman–Crippen LogP) is 5.98. The van der Waals surface area contributed by atoms with E-state index in [1.807, 2.05) is 42.5 Å². The van der Waals surface area contributed by atoms with Crippen molar-refractivity contribution in [2.75, 3.05) is 0 Å². The van der Waals surface area contributed by atoms with Gasteiger partial charge in [-0.2, -0.15) is 5.10 Å². The smallest absolute Gasteiger partial charge is 0.119 e. The van der Waals surface area contributed by atoms with Crippen LogP contribution in [-0.4, -0.2) is 19.9 Å². The van der Waals surface area contributed by atoms with Crippen molar-refractivity contribution >= 4 is 10.9 Å². The molecule has 0 amide bonds. The molecule has 4 heteroatoms. The van der Waals surface area contributed by atoms with Crippen LogP contribution < -0.4 is 0 Å². The van der Waals surface area contributed by atoms with Crippen molar-refractivity contribution in [1.29, 1.82) is 0 Å². The fourth-order valence-corrected chi connectivity index (χ4v) is 5.21. The third-order valence-corrected chi connectivity index (χ3v) is 6.98. The van der Waals surface area contributed by atoms with Crippen LogP contribution in [0.15, 0.2) is 73.1 Å². The minimum atomic E-state index is -1.13. The molecule has 1 unspecified atom stereocenters. The maximum Gasteiger partial charge on any atom is 0.119 e. The van der Waals surface area contributed by atoms with Gasteiger partial charge in [-0.05, 0) is 54.2 Å². The van der Waals surface area contributed by atoms with Crippen molar-refractivity contribution in [3.63, 3.8) is 0 Å². The third-order valence-electron chi connectivity index (χ3n) is 6.98. The third kappa shape index (κ3) is 3.84. The van der Waals surface area contributed by atoms with E-state index in [4.69, 9.17) is 5.10 Å². The molecule has 2 aromatic carbocycles. The fourth-order valence-electron chi connectivity index (χ4n) is 5.21. The van der Waals surface area contributed by atoms with Crippen LogP contribution in [0.2, 0.25) is 0 Å². The first-order valence-corrected chi connectivity index (χ1v) is 11.9. The molecule has 2 aromatic heterocycles. The van der Waals surface area contributed by atoms with Crippen LogP contribution in [-0.2, 0) is 18.4 Å². The Labute approximate surface area is 189 Å². The van der Waals surface area contributed by atoms with Crippen LogP contribution in [0.4, 0.5) is 0 Å². The average molecular weight is 426 g/mol. The Morgan fingerprint density at radius 1 is 0.938 bits per heavy atom. The Hall–Kier alpha value is -2.98. The van der Waals surface area contributed by atoms with E-state index in [1.54, 1.807) is 12.4 Å². The molecular formula is C28H31N3O. The predicted molar refractivity (Wildman–Crippen MR) is 129 cm³/mol. The molecule has 0 spiro atoms. The standard InChI is InChI=1S/C28H31N3O/c1-2-26-25-14-13-23(19-27(25)31(30-26)24-11-7-4-8-12-24)28(32,22-9-5-3-6-10-22)20-21-15-17-29-18-16-21/h3,5-6,9-10,13-19,24,32H,2,4,7-8,11-12,20H2,1H3. The summed E-state index contributed by atoms with van der Waals surface area (Å²) >= 11 is 0. The largest absolute Gasteiger partial charge is 0.380 e. The van der Waals surface area contributed by atoms with Gasteiger partial charge in [0.25, 0.3) is 0 Å². The van der Waals surface area contributed by atoms with E-state index in [1.165, 1.54) is 37.5 Å². The average Bonchev–Trinajstić information content (AvgIpc) is 3.24. The minimum absolute atomic E-state index is 0.451. The lowest BCUT2D eigenvalue weighted by molar-refractivity contribution is 0.0812. The molecule has 2 heterocycles. The second-order valence-electron chi connectivity index (χ2n) is 9.03. The zero-order valence-corrected chi connectivity index (χ0v) is 18.7. The van der Waals surface area contributed by atoms with Gasteiger partial charge in [-0.1, -0.05) is 68.7 Å². The Bertz CT molecular complexity index is 1180. The fraction of sp³-hybridized carbons (Fsp3) is 0.357. The highest BCUT2D eigenvalue weighted by Gasteiger charge is 2.33. The van der Waals surface area contributed by atoms with E-state index in [-0.39, 0.29) is 0 Å². The molecule has 1 atom stereocenters. The molecule has 1 N–H and O–H groups in total. The van der Waals surface area contributed by atoms with E-state index < -0.39 is 5.60 Å². The van der Waals surface area contributed by atoms with Gasteiger partial charge in [0.15, 0.2) is 0 Å². The van der Waals surface area contributed by atoms with Crippen molar-refractivity contribution in [2.24, 2.45) is 0 Å². The lowest BCUT2D eigenvalue weighted by atomic mass is 9.81. The van der Waals surface area contributed by atoms with Gasteiger partial charge in [0.1, 0.15) is 5.60 Å². The summed E-state index contributed by atoms with van der Waals surface area (Å²) < 4.78 is 2.26. The van der Waals surface area contributed by atoms with Gasteiger partial charge in [0, 0.05) is 24.2 Å². The monoisotopic (exact) mass is 425 g/mol. The number of aromatic nitrogens is 3. The number of fused-ring (bicyclic) bond motifs is 1. The zero-order chi connectivity index (χ0) is 22.0. The van der Waals surface area contributed by atoms with Crippen LogP contribution in [0.25, 0.3) is 10.9 Å². The van der Waals surface area contributed by atoms with E-state index in [9.17, 15) is 5.11 Å². The Morgan fingerprint density at radius 2 is 1.69 bits per heavy atom.